The Morgan fingerprint density at radius 3 is 2.62 bits per heavy atom. The first-order valence-electron chi connectivity index (χ1n) is 6.95. The fraction of sp³-hybridized carbons (Fsp3) is 0.375. The monoisotopic (exact) mass is 288 g/mol. The van der Waals surface area contributed by atoms with Crippen molar-refractivity contribution in [2.75, 3.05) is 13.1 Å². The third-order valence-corrected chi connectivity index (χ3v) is 3.23. The zero-order valence-electron chi connectivity index (χ0n) is 12.5. The van der Waals surface area contributed by atoms with Crippen LogP contribution in [0.4, 0.5) is 0 Å². The molecule has 21 heavy (non-hydrogen) atoms. The van der Waals surface area contributed by atoms with Gasteiger partial charge in [-0.1, -0.05) is 18.2 Å². The Kier molecular flexibility index (Phi) is 4.14. The van der Waals surface area contributed by atoms with E-state index in [9.17, 15) is 14.7 Å². The largest absolute Gasteiger partial charge is 0.389 e. The van der Waals surface area contributed by atoms with E-state index in [4.69, 9.17) is 0 Å². The average molecular weight is 288 g/mol. The smallest absolute Gasteiger partial charge is 0.270 e. The maximum atomic E-state index is 12.5. The lowest BCUT2D eigenvalue weighted by Crippen LogP contribution is -2.42. The van der Waals surface area contributed by atoms with E-state index in [2.05, 4.69) is 4.98 Å². The van der Waals surface area contributed by atoms with Gasteiger partial charge in [0.15, 0.2) is 0 Å². The predicted octanol–water partition coefficient (Wildman–Crippen LogP) is 1.76. The van der Waals surface area contributed by atoms with E-state index in [0.29, 0.717) is 11.9 Å². The molecule has 2 rings (SSSR count). The maximum Gasteiger partial charge on any atom is 0.270 e. The van der Waals surface area contributed by atoms with Crippen molar-refractivity contribution >= 4 is 16.7 Å². The number of H-pyrrole nitrogens is 1. The molecule has 1 amide bonds. The number of hydrogen-bond acceptors (Lipinski definition) is 3. The van der Waals surface area contributed by atoms with Gasteiger partial charge in [-0.2, -0.15) is 0 Å². The third kappa shape index (κ3) is 3.49. The van der Waals surface area contributed by atoms with Crippen molar-refractivity contribution in [2.24, 2.45) is 0 Å². The number of amides is 1. The molecule has 112 valence electrons. The zero-order valence-corrected chi connectivity index (χ0v) is 12.5. The number of carbonyl (C=O) groups excluding carboxylic acids is 1. The molecule has 0 spiro atoms. The minimum absolute atomic E-state index is 0.206. The molecule has 0 atom stereocenters. The van der Waals surface area contributed by atoms with Gasteiger partial charge in [-0.25, -0.2) is 0 Å². The molecule has 0 aliphatic carbocycles. The van der Waals surface area contributed by atoms with Crippen LogP contribution < -0.4 is 5.56 Å². The number of rotatable bonds is 4. The summed E-state index contributed by atoms with van der Waals surface area (Å²) < 4.78 is 0. The summed E-state index contributed by atoms with van der Waals surface area (Å²) in [5, 5.41) is 11.2. The number of fused-ring (bicyclic) bond motifs is 1. The maximum absolute atomic E-state index is 12.5. The number of aromatic nitrogens is 1. The van der Waals surface area contributed by atoms with E-state index in [1.807, 2.05) is 13.0 Å². The summed E-state index contributed by atoms with van der Waals surface area (Å²) in [7, 11) is 0. The van der Waals surface area contributed by atoms with Crippen LogP contribution in [0.3, 0.4) is 0 Å². The number of carbonyl (C=O) groups is 1. The summed E-state index contributed by atoms with van der Waals surface area (Å²) in [6.07, 6.45) is 0. The van der Waals surface area contributed by atoms with Crippen molar-refractivity contribution in [2.45, 2.75) is 26.4 Å². The SMILES string of the molecule is CCN(CC(C)(C)O)C(=O)c1cc2ccccc2c(=O)[nH]1. The molecular formula is C16H20N2O3. The number of aromatic amines is 1. The molecule has 0 saturated carbocycles. The summed E-state index contributed by atoms with van der Waals surface area (Å²) >= 11 is 0. The minimum atomic E-state index is -0.983. The summed E-state index contributed by atoms with van der Waals surface area (Å²) in [4.78, 5) is 28.7. The van der Waals surface area contributed by atoms with Crippen molar-refractivity contribution < 1.29 is 9.90 Å². The molecule has 2 aromatic rings. The molecule has 0 saturated heterocycles. The van der Waals surface area contributed by atoms with E-state index in [1.54, 1.807) is 38.1 Å². The molecule has 5 heteroatoms. The summed E-state index contributed by atoms with van der Waals surface area (Å²) in [6, 6.07) is 8.80. The van der Waals surface area contributed by atoms with E-state index in [1.165, 1.54) is 4.90 Å². The van der Waals surface area contributed by atoms with Crippen LogP contribution in [-0.4, -0.2) is 39.6 Å². The second-order valence-corrected chi connectivity index (χ2v) is 5.73. The first kappa shape index (κ1) is 15.3. The van der Waals surface area contributed by atoms with Crippen molar-refractivity contribution in [1.82, 2.24) is 9.88 Å². The van der Waals surface area contributed by atoms with Gasteiger partial charge in [0.05, 0.1) is 5.60 Å². The topological polar surface area (TPSA) is 73.4 Å². The highest BCUT2D eigenvalue weighted by Crippen LogP contribution is 2.13. The molecule has 0 fully saturated rings. The number of nitrogens with one attached hydrogen (secondary N) is 1. The molecular weight excluding hydrogens is 268 g/mol. The number of aliphatic hydroxyl groups is 1. The van der Waals surface area contributed by atoms with E-state index in [-0.39, 0.29) is 23.7 Å². The molecule has 0 aliphatic rings. The Labute approximate surface area is 123 Å². The predicted molar refractivity (Wildman–Crippen MR) is 82.4 cm³/mol. The molecule has 5 nitrogen and oxygen atoms in total. The van der Waals surface area contributed by atoms with Crippen LogP contribution in [0.15, 0.2) is 35.1 Å². The Balaban J connectivity index is 2.41. The quantitative estimate of drug-likeness (QED) is 0.900. The van der Waals surface area contributed by atoms with Crippen molar-refractivity contribution in [1.29, 1.82) is 0 Å². The number of pyridine rings is 1. The van der Waals surface area contributed by atoms with Crippen LogP contribution in [0.25, 0.3) is 10.8 Å². The number of nitrogens with zero attached hydrogens (tertiary/aromatic N) is 1. The summed E-state index contributed by atoms with van der Waals surface area (Å²) in [5.74, 6) is -0.289. The Morgan fingerprint density at radius 2 is 2.00 bits per heavy atom. The number of hydrogen-bond donors (Lipinski definition) is 2. The molecule has 2 N–H and O–H groups in total. The fourth-order valence-corrected chi connectivity index (χ4v) is 2.29. The number of benzene rings is 1. The minimum Gasteiger partial charge on any atom is -0.389 e. The lowest BCUT2D eigenvalue weighted by Gasteiger charge is -2.28. The lowest BCUT2D eigenvalue weighted by molar-refractivity contribution is 0.0311. The highest BCUT2D eigenvalue weighted by Gasteiger charge is 2.23. The normalized spacial score (nSPS) is 11.6. The van der Waals surface area contributed by atoms with Gasteiger partial charge in [-0.15, -0.1) is 0 Å². The second kappa shape index (κ2) is 5.69. The summed E-state index contributed by atoms with van der Waals surface area (Å²) in [5.41, 5.74) is -1.02. The second-order valence-electron chi connectivity index (χ2n) is 5.73. The molecule has 0 radical (unpaired) electrons. The van der Waals surface area contributed by atoms with Crippen molar-refractivity contribution in [3.05, 3.63) is 46.4 Å². The molecule has 0 unspecified atom stereocenters. The molecule has 0 aliphatic heterocycles. The Hall–Kier alpha value is -2.14. The standard InChI is InChI=1S/C16H20N2O3/c1-4-18(10-16(2,3)21)15(20)13-9-11-7-5-6-8-12(11)14(19)17-13/h5-9,21H,4,10H2,1-3H3,(H,17,19). The molecule has 1 aromatic heterocycles. The lowest BCUT2D eigenvalue weighted by atomic mass is 10.1. The highest BCUT2D eigenvalue weighted by atomic mass is 16.3. The van der Waals surface area contributed by atoms with Crippen LogP contribution in [0, 0.1) is 0 Å². The molecule has 0 bridgehead atoms. The van der Waals surface area contributed by atoms with Gasteiger partial charge in [0.2, 0.25) is 0 Å². The first-order chi connectivity index (χ1) is 9.81. The van der Waals surface area contributed by atoms with Crippen LogP contribution in [0.5, 0.6) is 0 Å². The fourth-order valence-electron chi connectivity index (χ4n) is 2.29. The third-order valence-electron chi connectivity index (χ3n) is 3.23. The van der Waals surface area contributed by atoms with Crippen LogP contribution in [-0.2, 0) is 0 Å². The van der Waals surface area contributed by atoms with E-state index < -0.39 is 5.60 Å². The van der Waals surface area contributed by atoms with Crippen molar-refractivity contribution in [3.8, 4) is 0 Å². The van der Waals surface area contributed by atoms with Gasteiger partial charge < -0.3 is 15.0 Å². The summed E-state index contributed by atoms with van der Waals surface area (Å²) in [6.45, 7) is 5.79. The van der Waals surface area contributed by atoms with Gasteiger partial charge in [-0.3, -0.25) is 9.59 Å². The number of likely N-dealkylation sites (N-methyl/N-ethyl adjacent to an activating group) is 1. The average Bonchev–Trinajstić information content (AvgIpc) is 2.43. The van der Waals surface area contributed by atoms with Gasteiger partial charge in [-0.05, 0) is 38.3 Å². The van der Waals surface area contributed by atoms with Crippen LogP contribution >= 0.6 is 0 Å². The van der Waals surface area contributed by atoms with E-state index in [0.717, 1.165) is 5.39 Å². The van der Waals surface area contributed by atoms with E-state index >= 15 is 0 Å². The highest BCUT2D eigenvalue weighted by molar-refractivity contribution is 5.96. The van der Waals surface area contributed by atoms with Gasteiger partial charge in [0.1, 0.15) is 5.69 Å². The molecule has 1 aromatic carbocycles. The first-order valence-corrected chi connectivity index (χ1v) is 6.95. The van der Waals surface area contributed by atoms with Crippen LogP contribution in [0.2, 0.25) is 0 Å². The van der Waals surface area contributed by atoms with Gasteiger partial charge in [0.25, 0.3) is 11.5 Å². The molecule has 1 heterocycles. The Bertz CT molecular complexity index is 713. The Morgan fingerprint density at radius 1 is 1.33 bits per heavy atom. The van der Waals surface area contributed by atoms with Crippen molar-refractivity contribution in [3.63, 3.8) is 0 Å². The van der Waals surface area contributed by atoms with Gasteiger partial charge >= 0.3 is 0 Å². The zero-order chi connectivity index (χ0) is 15.6. The van der Waals surface area contributed by atoms with Gasteiger partial charge in [0, 0.05) is 18.5 Å². The van der Waals surface area contributed by atoms with Crippen LogP contribution in [0.1, 0.15) is 31.3 Å².